The Kier molecular flexibility index (Phi) is 2.40. The summed E-state index contributed by atoms with van der Waals surface area (Å²) in [6.07, 6.45) is 1.80. The number of amides is 2. The van der Waals surface area contributed by atoms with Gasteiger partial charge in [0.25, 0.3) is 11.8 Å². The highest BCUT2D eigenvalue weighted by molar-refractivity contribution is 6.22. The van der Waals surface area contributed by atoms with E-state index in [0.717, 1.165) is 4.90 Å². The van der Waals surface area contributed by atoms with E-state index in [1.54, 1.807) is 24.3 Å². The van der Waals surface area contributed by atoms with Crippen molar-refractivity contribution in [2.45, 2.75) is 6.04 Å². The molecule has 0 radical (unpaired) electrons. The van der Waals surface area contributed by atoms with Crippen LogP contribution in [0.4, 0.5) is 0 Å². The van der Waals surface area contributed by atoms with Crippen LogP contribution in [-0.4, -0.2) is 29.0 Å². The average Bonchev–Trinajstić information content (AvgIpc) is 2.57. The van der Waals surface area contributed by atoms with Crippen molar-refractivity contribution < 1.29 is 14.4 Å². The first-order chi connectivity index (χ1) is 7.70. The van der Waals surface area contributed by atoms with Gasteiger partial charge in [-0.1, -0.05) is 18.2 Å². The summed E-state index contributed by atoms with van der Waals surface area (Å²) >= 11 is 0. The topological polar surface area (TPSA) is 54.5 Å². The second kappa shape index (κ2) is 3.73. The lowest BCUT2D eigenvalue weighted by Crippen LogP contribution is -2.39. The second-order valence-electron chi connectivity index (χ2n) is 3.39. The third kappa shape index (κ3) is 1.27. The highest BCUT2D eigenvalue weighted by Crippen LogP contribution is 2.24. The smallest absolute Gasteiger partial charge is 0.262 e. The fourth-order valence-corrected chi connectivity index (χ4v) is 1.70. The molecule has 2 amide bonds. The molecule has 0 spiro atoms. The van der Waals surface area contributed by atoms with E-state index in [-0.39, 0.29) is 0 Å². The standard InChI is InChI=1S/C12H9NO3/c1-2-8(7-14)13-11(15)9-5-3-4-6-10(9)12(13)16/h2-8H,1H2. The lowest BCUT2D eigenvalue weighted by Gasteiger charge is -2.17. The summed E-state index contributed by atoms with van der Waals surface area (Å²) < 4.78 is 0. The molecule has 1 aliphatic rings. The Balaban J connectivity index is 2.50. The van der Waals surface area contributed by atoms with E-state index in [4.69, 9.17) is 0 Å². The van der Waals surface area contributed by atoms with Crippen LogP contribution in [0.2, 0.25) is 0 Å². The number of carbonyl (C=O) groups is 3. The van der Waals surface area contributed by atoms with Crippen molar-refractivity contribution >= 4 is 18.1 Å². The van der Waals surface area contributed by atoms with Crippen LogP contribution in [0.25, 0.3) is 0 Å². The summed E-state index contributed by atoms with van der Waals surface area (Å²) in [6, 6.07) is 5.60. The van der Waals surface area contributed by atoms with Gasteiger partial charge in [-0.25, -0.2) is 0 Å². The number of nitrogens with zero attached hydrogens (tertiary/aromatic N) is 1. The van der Waals surface area contributed by atoms with Crippen molar-refractivity contribution in [3.8, 4) is 0 Å². The average molecular weight is 215 g/mol. The van der Waals surface area contributed by atoms with E-state index >= 15 is 0 Å². The molecule has 1 atom stereocenters. The van der Waals surface area contributed by atoms with Crippen molar-refractivity contribution in [3.05, 3.63) is 48.0 Å². The molecule has 1 aliphatic heterocycles. The minimum absolute atomic E-state index is 0.334. The number of imide groups is 1. The SMILES string of the molecule is C=CC(C=O)N1C(=O)c2ccccc2C1=O. The summed E-state index contributed by atoms with van der Waals surface area (Å²) in [4.78, 5) is 35.4. The molecule has 1 heterocycles. The number of rotatable bonds is 3. The van der Waals surface area contributed by atoms with Gasteiger partial charge in [0.2, 0.25) is 0 Å². The zero-order chi connectivity index (χ0) is 11.7. The van der Waals surface area contributed by atoms with Gasteiger partial charge < -0.3 is 4.79 Å². The van der Waals surface area contributed by atoms with Gasteiger partial charge in [0.1, 0.15) is 12.3 Å². The molecule has 0 bridgehead atoms. The molecule has 0 saturated carbocycles. The Morgan fingerprint density at radius 3 is 2.00 bits per heavy atom. The van der Waals surface area contributed by atoms with Crippen molar-refractivity contribution in [1.29, 1.82) is 0 Å². The van der Waals surface area contributed by atoms with Crippen LogP contribution in [0.15, 0.2) is 36.9 Å². The van der Waals surface area contributed by atoms with Gasteiger partial charge in [-0.3, -0.25) is 14.5 Å². The van der Waals surface area contributed by atoms with E-state index < -0.39 is 17.9 Å². The highest BCUT2D eigenvalue weighted by Gasteiger charge is 2.38. The number of fused-ring (bicyclic) bond motifs is 1. The number of hydrogen-bond acceptors (Lipinski definition) is 3. The first-order valence-corrected chi connectivity index (χ1v) is 4.75. The van der Waals surface area contributed by atoms with Gasteiger partial charge >= 0.3 is 0 Å². The Hall–Kier alpha value is -2.23. The van der Waals surface area contributed by atoms with Crippen LogP contribution in [0.3, 0.4) is 0 Å². The summed E-state index contributed by atoms with van der Waals surface area (Å²) in [5.74, 6) is -0.893. The molecular formula is C12H9NO3. The maximum absolute atomic E-state index is 11.9. The third-order valence-electron chi connectivity index (χ3n) is 2.50. The monoisotopic (exact) mass is 215 g/mol. The van der Waals surface area contributed by atoms with Gasteiger partial charge in [-0.15, -0.1) is 6.58 Å². The molecule has 1 unspecified atom stereocenters. The van der Waals surface area contributed by atoms with Crippen LogP contribution in [0.5, 0.6) is 0 Å². The van der Waals surface area contributed by atoms with E-state index in [9.17, 15) is 14.4 Å². The van der Waals surface area contributed by atoms with Gasteiger partial charge in [-0.2, -0.15) is 0 Å². The van der Waals surface area contributed by atoms with E-state index in [2.05, 4.69) is 6.58 Å². The van der Waals surface area contributed by atoms with E-state index in [1.807, 2.05) is 0 Å². The minimum atomic E-state index is -0.896. The van der Waals surface area contributed by atoms with Gasteiger partial charge in [-0.05, 0) is 12.1 Å². The molecule has 16 heavy (non-hydrogen) atoms. The van der Waals surface area contributed by atoms with E-state index in [1.165, 1.54) is 6.08 Å². The highest BCUT2D eigenvalue weighted by atomic mass is 16.2. The fourth-order valence-electron chi connectivity index (χ4n) is 1.70. The van der Waals surface area contributed by atoms with Crippen molar-refractivity contribution in [1.82, 2.24) is 4.90 Å². The third-order valence-corrected chi connectivity index (χ3v) is 2.50. The van der Waals surface area contributed by atoms with Crippen LogP contribution in [0, 0.1) is 0 Å². The number of hydrogen-bond donors (Lipinski definition) is 0. The van der Waals surface area contributed by atoms with Gasteiger partial charge in [0.15, 0.2) is 0 Å². The first kappa shape index (κ1) is 10.3. The Bertz CT molecular complexity index is 450. The second-order valence-corrected chi connectivity index (χ2v) is 3.39. The molecule has 0 aromatic heterocycles. The number of aldehydes is 1. The maximum Gasteiger partial charge on any atom is 0.262 e. The van der Waals surface area contributed by atoms with Crippen molar-refractivity contribution in [2.75, 3.05) is 0 Å². The van der Waals surface area contributed by atoms with Crippen LogP contribution in [0.1, 0.15) is 20.7 Å². The lowest BCUT2D eigenvalue weighted by atomic mass is 10.1. The molecule has 1 aromatic carbocycles. The van der Waals surface area contributed by atoms with Crippen LogP contribution >= 0.6 is 0 Å². The maximum atomic E-state index is 11.9. The molecule has 80 valence electrons. The molecule has 4 nitrogen and oxygen atoms in total. The molecular weight excluding hydrogens is 206 g/mol. The molecule has 4 heteroatoms. The largest absolute Gasteiger partial charge is 0.301 e. The van der Waals surface area contributed by atoms with Gasteiger partial charge in [0, 0.05) is 0 Å². The minimum Gasteiger partial charge on any atom is -0.301 e. The van der Waals surface area contributed by atoms with Crippen molar-refractivity contribution in [3.63, 3.8) is 0 Å². The number of benzene rings is 1. The lowest BCUT2D eigenvalue weighted by molar-refractivity contribution is -0.110. The predicted octanol–water partition coefficient (Wildman–Crippen LogP) is 1.04. The summed E-state index contributed by atoms with van der Waals surface area (Å²) in [5.41, 5.74) is 0.669. The summed E-state index contributed by atoms with van der Waals surface area (Å²) in [7, 11) is 0. The van der Waals surface area contributed by atoms with Crippen LogP contribution in [-0.2, 0) is 4.79 Å². The van der Waals surface area contributed by atoms with Crippen LogP contribution < -0.4 is 0 Å². The molecule has 0 N–H and O–H groups in total. The Labute approximate surface area is 92.2 Å². The van der Waals surface area contributed by atoms with Crippen molar-refractivity contribution in [2.24, 2.45) is 0 Å². The van der Waals surface area contributed by atoms with E-state index in [0.29, 0.717) is 17.4 Å². The predicted molar refractivity (Wildman–Crippen MR) is 57.0 cm³/mol. The fraction of sp³-hybridized carbons (Fsp3) is 0.0833. The Morgan fingerprint density at radius 1 is 1.12 bits per heavy atom. The molecule has 0 fully saturated rings. The molecule has 2 rings (SSSR count). The molecule has 0 saturated heterocycles. The molecule has 0 aliphatic carbocycles. The zero-order valence-electron chi connectivity index (χ0n) is 8.42. The normalized spacial score (nSPS) is 15.9. The molecule has 1 aromatic rings. The quantitative estimate of drug-likeness (QED) is 0.430. The zero-order valence-corrected chi connectivity index (χ0v) is 8.42. The van der Waals surface area contributed by atoms with Gasteiger partial charge in [0.05, 0.1) is 11.1 Å². The Morgan fingerprint density at radius 2 is 1.62 bits per heavy atom. The number of carbonyl (C=O) groups excluding carboxylic acids is 3. The summed E-state index contributed by atoms with van der Waals surface area (Å²) in [5, 5.41) is 0. The first-order valence-electron chi connectivity index (χ1n) is 4.75. The summed E-state index contributed by atoms with van der Waals surface area (Å²) in [6.45, 7) is 3.43.